The van der Waals surface area contributed by atoms with Crippen molar-refractivity contribution in [1.29, 1.82) is 0 Å². The normalized spacial score (nSPS) is 11.0. The Morgan fingerprint density at radius 1 is 0.667 bits per heavy atom. The van der Waals surface area contributed by atoms with Crippen LogP contribution in [0.1, 0.15) is 0 Å². The van der Waals surface area contributed by atoms with E-state index in [1.165, 1.54) is 0 Å². The summed E-state index contributed by atoms with van der Waals surface area (Å²) in [4.78, 5) is 0. The third kappa shape index (κ3) is 1.81. The summed E-state index contributed by atoms with van der Waals surface area (Å²) in [6.45, 7) is 0. The summed E-state index contributed by atoms with van der Waals surface area (Å²) in [7, 11) is -1.45. The maximum Gasteiger partial charge on any atom is 0.488 e. The van der Waals surface area contributed by atoms with Crippen LogP contribution >= 0.6 is 0 Å². The molecule has 0 radical (unpaired) electrons. The Bertz CT molecular complexity index is 738. The molecular weight excluding hydrogens is 227 g/mol. The molecule has 0 spiro atoms. The van der Waals surface area contributed by atoms with Gasteiger partial charge in [0.15, 0.2) is 0 Å². The van der Waals surface area contributed by atoms with Crippen molar-refractivity contribution in [1.82, 2.24) is 0 Å². The molecule has 0 aliphatic rings. The summed E-state index contributed by atoms with van der Waals surface area (Å²) < 4.78 is 0. The molecule has 18 heavy (non-hydrogen) atoms. The highest BCUT2D eigenvalue weighted by Gasteiger charge is 2.11. The Morgan fingerprint density at radius 3 is 1.94 bits per heavy atom. The first kappa shape index (κ1) is 11.1. The van der Waals surface area contributed by atoms with E-state index in [-0.39, 0.29) is 5.75 Å². The molecule has 0 fully saturated rings. The zero-order valence-corrected chi connectivity index (χ0v) is 9.54. The highest BCUT2D eigenvalue weighted by Crippen LogP contribution is 2.25. The van der Waals surface area contributed by atoms with Gasteiger partial charge >= 0.3 is 7.12 Å². The number of phenols is 1. The van der Waals surface area contributed by atoms with Gasteiger partial charge < -0.3 is 15.2 Å². The van der Waals surface area contributed by atoms with Gasteiger partial charge in [-0.3, -0.25) is 0 Å². The van der Waals surface area contributed by atoms with E-state index in [1.807, 2.05) is 24.3 Å². The van der Waals surface area contributed by atoms with E-state index in [4.69, 9.17) is 10.0 Å². The molecule has 0 unspecified atom stereocenters. The molecule has 0 amide bonds. The standard InChI is InChI=1S/C14H11BO3/c16-14-4-2-10-5-11-7-13(15(17)18)3-1-9(11)6-12(10)8-14/h1-8,16-18H. The van der Waals surface area contributed by atoms with E-state index in [2.05, 4.69) is 0 Å². The summed E-state index contributed by atoms with van der Waals surface area (Å²) in [6, 6.07) is 14.4. The highest BCUT2D eigenvalue weighted by molar-refractivity contribution is 6.58. The predicted molar refractivity (Wildman–Crippen MR) is 72.9 cm³/mol. The largest absolute Gasteiger partial charge is 0.508 e. The maximum absolute atomic E-state index is 9.45. The first-order chi connectivity index (χ1) is 8.63. The van der Waals surface area contributed by atoms with E-state index < -0.39 is 7.12 Å². The number of phenolic OH excluding ortho intramolecular Hbond substituents is 1. The molecule has 0 saturated heterocycles. The first-order valence-electron chi connectivity index (χ1n) is 5.66. The summed E-state index contributed by atoms with van der Waals surface area (Å²) in [5.41, 5.74) is 0.473. The minimum Gasteiger partial charge on any atom is -0.508 e. The number of fused-ring (bicyclic) bond motifs is 2. The Hall–Kier alpha value is -2.04. The number of hydrogen-bond donors (Lipinski definition) is 3. The fourth-order valence-corrected chi connectivity index (χ4v) is 2.16. The maximum atomic E-state index is 9.45. The molecule has 3 rings (SSSR count). The van der Waals surface area contributed by atoms with Gasteiger partial charge in [-0.25, -0.2) is 0 Å². The molecule has 0 aromatic heterocycles. The average Bonchev–Trinajstić information content (AvgIpc) is 2.35. The van der Waals surface area contributed by atoms with Crippen LogP contribution in [0.5, 0.6) is 5.75 Å². The SMILES string of the molecule is OB(O)c1ccc2cc3cc(O)ccc3cc2c1. The lowest BCUT2D eigenvalue weighted by molar-refractivity contribution is 0.426. The second-order valence-electron chi connectivity index (χ2n) is 4.36. The molecular formula is C14H11BO3. The molecule has 88 valence electrons. The molecule has 3 nitrogen and oxygen atoms in total. The fourth-order valence-electron chi connectivity index (χ4n) is 2.16. The smallest absolute Gasteiger partial charge is 0.488 e. The first-order valence-corrected chi connectivity index (χ1v) is 5.66. The zero-order chi connectivity index (χ0) is 12.7. The Morgan fingerprint density at radius 2 is 1.28 bits per heavy atom. The van der Waals surface area contributed by atoms with Crippen molar-refractivity contribution in [2.24, 2.45) is 0 Å². The number of rotatable bonds is 1. The van der Waals surface area contributed by atoms with Crippen LogP contribution in [0.4, 0.5) is 0 Å². The minimum absolute atomic E-state index is 0.240. The summed E-state index contributed by atoms with van der Waals surface area (Å²) in [6.07, 6.45) is 0. The molecule has 0 atom stereocenters. The summed E-state index contributed by atoms with van der Waals surface area (Å²) in [5, 5.41) is 31.7. The third-order valence-corrected chi connectivity index (χ3v) is 3.10. The molecule has 4 heteroatoms. The number of hydrogen-bond acceptors (Lipinski definition) is 3. The van der Waals surface area contributed by atoms with Gasteiger partial charge in [0, 0.05) is 0 Å². The van der Waals surface area contributed by atoms with Gasteiger partial charge in [0.2, 0.25) is 0 Å². The Balaban J connectivity index is 2.31. The molecule has 0 heterocycles. The summed E-state index contributed by atoms with van der Waals surface area (Å²) in [5.74, 6) is 0.240. The van der Waals surface area contributed by atoms with Crippen LogP contribution in [0.2, 0.25) is 0 Å². The zero-order valence-electron chi connectivity index (χ0n) is 9.54. The van der Waals surface area contributed by atoms with E-state index in [1.54, 1.807) is 24.3 Å². The average molecular weight is 238 g/mol. The van der Waals surface area contributed by atoms with Crippen LogP contribution in [-0.2, 0) is 0 Å². The van der Waals surface area contributed by atoms with Crippen molar-refractivity contribution in [3.8, 4) is 5.75 Å². The van der Waals surface area contributed by atoms with Gasteiger partial charge in [0.25, 0.3) is 0 Å². The van der Waals surface area contributed by atoms with Crippen molar-refractivity contribution in [3.05, 3.63) is 48.5 Å². The molecule has 0 bridgehead atoms. The Kier molecular flexibility index (Phi) is 2.47. The lowest BCUT2D eigenvalue weighted by Gasteiger charge is -2.05. The number of benzene rings is 3. The minimum atomic E-state index is -1.45. The molecule has 3 aromatic rings. The van der Waals surface area contributed by atoms with Crippen molar-refractivity contribution >= 4 is 34.1 Å². The second kappa shape index (κ2) is 4.01. The van der Waals surface area contributed by atoms with Crippen molar-refractivity contribution < 1.29 is 15.2 Å². The van der Waals surface area contributed by atoms with Crippen molar-refractivity contribution in [2.75, 3.05) is 0 Å². The van der Waals surface area contributed by atoms with E-state index >= 15 is 0 Å². The van der Waals surface area contributed by atoms with Gasteiger partial charge in [-0.05, 0) is 51.3 Å². The molecule has 0 aliphatic heterocycles. The highest BCUT2D eigenvalue weighted by atomic mass is 16.4. The molecule has 0 saturated carbocycles. The van der Waals surface area contributed by atoms with E-state index in [0.29, 0.717) is 5.46 Å². The van der Waals surface area contributed by atoms with Gasteiger partial charge in [0.05, 0.1) is 0 Å². The Labute approximate surface area is 104 Å². The molecule has 3 N–H and O–H groups in total. The predicted octanol–water partition coefficient (Wildman–Crippen LogP) is 1.38. The third-order valence-electron chi connectivity index (χ3n) is 3.10. The fraction of sp³-hybridized carbons (Fsp3) is 0. The molecule has 0 aliphatic carbocycles. The number of aromatic hydroxyl groups is 1. The van der Waals surface area contributed by atoms with Gasteiger partial charge in [-0.15, -0.1) is 0 Å². The quantitative estimate of drug-likeness (QED) is 0.443. The lowest BCUT2D eigenvalue weighted by Crippen LogP contribution is -2.29. The van der Waals surface area contributed by atoms with Crippen LogP contribution in [0.3, 0.4) is 0 Å². The van der Waals surface area contributed by atoms with Crippen LogP contribution in [0, 0.1) is 0 Å². The summed E-state index contributed by atoms with van der Waals surface area (Å²) >= 11 is 0. The van der Waals surface area contributed by atoms with Crippen molar-refractivity contribution in [3.63, 3.8) is 0 Å². The second-order valence-corrected chi connectivity index (χ2v) is 4.36. The van der Waals surface area contributed by atoms with Gasteiger partial charge in [-0.1, -0.05) is 24.3 Å². The van der Waals surface area contributed by atoms with Crippen LogP contribution in [-0.4, -0.2) is 22.3 Å². The van der Waals surface area contributed by atoms with E-state index in [9.17, 15) is 5.11 Å². The van der Waals surface area contributed by atoms with Gasteiger partial charge in [-0.2, -0.15) is 0 Å². The van der Waals surface area contributed by atoms with Crippen LogP contribution in [0.15, 0.2) is 48.5 Å². The van der Waals surface area contributed by atoms with Crippen LogP contribution in [0.25, 0.3) is 21.5 Å². The van der Waals surface area contributed by atoms with Crippen molar-refractivity contribution in [2.45, 2.75) is 0 Å². The van der Waals surface area contributed by atoms with Crippen LogP contribution < -0.4 is 5.46 Å². The van der Waals surface area contributed by atoms with Gasteiger partial charge in [0.1, 0.15) is 5.75 Å². The monoisotopic (exact) mass is 238 g/mol. The van der Waals surface area contributed by atoms with E-state index in [0.717, 1.165) is 21.5 Å². The molecule has 3 aromatic carbocycles. The lowest BCUT2D eigenvalue weighted by atomic mass is 9.79. The topological polar surface area (TPSA) is 60.7 Å².